The molecule has 2 N–H and O–H groups in total. The summed E-state index contributed by atoms with van der Waals surface area (Å²) in [6.45, 7) is 2.01. The van der Waals surface area contributed by atoms with Crippen LogP contribution < -0.4 is 15.4 Å². The van der Waals surface area contributed by atoms with Crippen molar-refractivity contribution >= 4 is 21.9 Å². The Morgan fingerprint density at radius 3 is 2.28 bits per heavy atom. The SMILES string of the molecule is Cc1cc(C(=O)N[C@H]2CC[C@H](NC(=O)c3cc(F)cnc3Oc3cccc(-c4ccc(CCCOS(C)(=O)=O)cc4)c3)CC2)nn1C. The maximum Gasteiger partial charge on any atom is 0.272 e. The Bertz CT molecular complexity index is 1820. The van der Waals surface area contributed by atoms with E-state index in [-0.39, 0.29) is 36.0 Å². The molecule has 0 atom stereocenters. The number of hydrogen-bond acceptors (Lipinski definition) is 8. The highest BCUT2D eigenvalue weighted by Gasteiger charge is 2.26. The minimum atomic E-state index is -3.45. The van der Waals surface area contributed by atoms with E-state index >= 15 is 0 Å². The van der Waals surface area contributed by atoms with E-state index in [1.807, 2.05) is 49.4 Å². The van der Waals surface area contributed by atoms with Crippen molar-refractivity contribution in [1.82, 2.24) is 25.4 Å². The van der Waals surface area contributed by atoms with Crippen LogP contribution in [0.2, 0.25) is 0 Å². The van der Waals surface area contributed by atoms with Crippen molar-refractivity contribution < 1.29 is 31.3 Å². The van der Waals surface area contributed by atoms with E-state index in [0.29, 0.717) is 50.0 Å². The highest BCUT2D eigenvalue weighted by molar-refractivity contribution is 7.85. The number of nitrogens with one attached hydrogen (secondary N) is 2. The first-order valence-electron chi connectivity index (χ1n) is 15.4. The number of nitrogens with zero attached hydrogens (tertiary/aromatic N) is 3. The topological polar surface area (TPSA) is 142 Å². The van der Waals surface area contributed by atoms with E-state index < -0.39 is 21.8 Å². The van der Waals surface area contributed by atoms with E-state index in [1.165, 1.54) is 0 Å². The first-order chi connectivity index (χ1) is 22.4. The van der Waals surface area contributed by atoms with E-state index in [4.69, 9.17) is 8.92 Å². The molecule has 4 aromatic rings. The molecule has 2 aromatic carbocycles. The molecule has 5 rings (SSSR count). The molecule has 11 nitrogen and oxygen atoms in total. The van der Waals surface area contributed by atoms with Crippen molar-refractivity contribution in [3.63, 3.8) is 0 Å². The summed E-state index contributed by atoms with van der Waals surface area (Å²) in [4.78, 5) is 30.0. The number of rotatable bonds is 12. The fourth-order valence-corrected chi connectivity index (χ4v) is 5.87. The van der Waals surface area contributed by atoms with Crippen LogP contribution in [-0.2, 0) is 27.8 Å². The van der Waals surface area contributed by atoms with Gasteiger partial charge < -0.3 is 15.4 Å². The predicted molar refractivity (Wildman–Crippen MR) is 174 cm³/mol. The van der Waals surface area contributed by atoms with Crippen LogP contribution in [-0.4, -0.2) is 59.9 Å². The molecule has 47 heavy (non-hydrogen) atoms. The van der Waals surface area contributed by atoms with Crippen LogP contribution in [0.15, 0.2) is 66.9 Å². The zero-order valence-corrected chi connectivity index (χ0v) is 27.3. The van der Waals surface area contributed by atoms with Gasteiger partial charge in [0.25, 0.3) is 21.9 Å². The van der Waals surface area contributed by atoms with Gasteiger partial charge in [0, 0.05) is 24.8 Å². The fraction of sp³-hybridized carbons (Fsp3) is 0.353. The second-order valence-corrected chi connectivity index (χ2v) is 13.4. The smallest absolute Gasteiger partial charge is 0.272 e. The van der Waals surface area contributed by atoms with Gasteiger partial charge in [-0.1, -0.05) is 36.4 Å². The van der Waals surface area contributed by atoms with Crippen LogP contribution in [0, 0.1) is 12.7 Å². The standard InChI is InChI=1S/C34H38FN5O6S/c1-22-18-31(39-40(22)2)33(42)38-28-15-13-27(14-16-28)37-32(41)30-20-26(35)21-36-34(30)46-29-8-4-7-25(19-29)24-11-9-23(10-12-24)6-5-17-45-47(3,43)44/h4,7-12,18-21,27-28H,5-6,13-17H2,1-3H3,(H,37,41)(H,38,42)/t27-,28-. The lowest BCUT2D eigenvalue weighted by Gasteiger charge is -2.29. The van der Waals surface area contributed by atoms with Crippen molar-refractivity contribution in [3.05, 3.63) is 95.2 Å². The molecule has 2 amide bonds. The van der Waals surface area contributed by atoms with Gasteiger partial charge in [-0.15, -0.1) is 0 Å². The summed E-state index contributed by atoms with van der Waals surface area (Å²) >= 11 is 0. The van der Waals surface area contributed by atoms with Gasteiger partial charge in [0.2, 0.25) is 5.88 Å². The number of pyridine rings is 1. The van der Waals surface area contributed by atoms with Crippen molar-refractivity contribution in [3.8, 4) is 22.8 Å². The molecule has 2 heterocycles. The summed E-state index contributed by atoms with van der Waals surface area (Å²) in [5.41, 5.74) is 4.09. The van der Waals surface area contributed by atoms with E-state index in [1.54, 1.807) is 23.9 Å². The molecule has 2 aromatic heterocycles. The minimum absolute atomic E-state index is 0.0134. The van der Waals surface area contributed by atoms with Crippen LogP contribution in [0.25, 0.3) is 11.1 Å². The van der Waals surface area contributed by atoms with Gasteiger partial charge in [-0.3, -0.25) is 18.5 Å². The molecular weight excluding hydrogens is 625 g/mol. The molecule has 1 saturated carbocycles. The fourth-order valence-electron chi connectivity index (χ4n) is 5.45. The second kappa shape index (κ2) is 14.9. The summed E-state index contributed by atoms with van der Waals surface area (Å²) in [6.07, 6.45) is 5.93. The Kier molecular flexibility index (Phi) is 10.7. The maximum atomic E-state index is 14.3. The largest absolute Gasteiger partial charge is 0.438 e. The third-order valence-electron chi connectivity index (χ3n) is 8.05. The number of carbonyl (C=O) groups excluding carboxylic acids is 2. The summed E-state index contributed by atoms with van der Waals surface area (Å²) in [5.74, 6) is -0.951. The summed E-state index contributed by atoms with van der Waals surface area (Å²) in [5, 5.41) is 10.2. The van der Waals surface area contributed by atoms with E-state index in [0.717, 1.165) is 40.9 Å². The Hall–Kier alpha value is -4.62. The predicted octanol–water partition coefficient (Wildman–Crippen LogP) is 5.10. The molecule has 248 valence electrons. The third-order valence-corrected chi connectivity index (χ3v) is 8.64. The number of carbonyl (C=O) groups is 2. The summed E-state index contributed by atoms with van der Waals surface area (Å²) in [7, 11) is -1.66. The van der Waals surface area contributed by atoms with Crippen molar-refractivity contribution in [2.75, 3.05) is 12.9 Å². The zero-order valence-electron chi connectivity index (χ0n) is 26.5. The van der Waals surface area contributed by atoms with E-state index in [9.17, 15) is 22.4 Å². The Morgan fingerprint density at radius 2 is 1.64 bits per heavy atom. The lowest BCUT2D eigenvalue weighted by Crippen LogP contribution is -2.44. The lowest BCUT2D eigenvalue weighted by molar-refractivity contribution is 0.0887. The molecule has 13 heteroatoms. The normalized spacial score (nSPS) is 16.4. The number of aryl methyl sites for hydroxylation is 3. The first-order valence-corrected chi connectivity index (χ1v) is 17.2. The molecule has 1 fully saturated rings. The van der Waals surface area contributed by atoms with Gasteiger partial charge in [-0.05, 0) is 86.4 Å². The molecule has 0 radical (unpaired) electrons. The molecular formula is C34H38FN5O6S. The van der Waals surface area contributed by atoms with Crippen LogP contribution in [0.4, 0.5) is 4.39 Å². The number of benzene rings is 2. The molecule has 0 spiro atoms. The van der Waals surface area contributed by atoms with Gasteiger partial charge in [0.15, 0.2) is 0 Å². The van der Waals surface area contributed by atoms with Crippen molar-refractivity contribution in [2.45, 2.75) is 57.5 Å². The van der Waals surface area contributed by atoms with Crippen molar-refractivity contribution in [2.24, 2.45) is 7.05 Å². The zero-order chi connectivity index (χ0) is 33.6. The quantitative estimate of drug-likeness (QED) is 0.158. The number of aromatic nitrogens is 3. The van der Waals surface area contributed by atoms with Gasteiger partial charge in [0.1, 0.15) is 22.8 Å². The Morgan fingerprint density at radius 1 is 0.957 bits per heavy atom. The van der Waals surface area contributed by atoms with E-state index in [2.05, 4.69) is 20.7 Å². The summed E-state index contributed by atoms with van der Waals surface area (Å²) in [6, 6.07) is 17.8. The second-order valence-electron chi connectivity index (χ2n) is 11.8. The van der Waals surface area contributed by atoms with Crippen LogP contribution >= 0.6 is 0 Å². The van der Waals surface area contributed by atoms with Gasteiger partial charge in [0.05, 0.1) is 19.1 Å². The molecule has 0 bridgehead atoms. The number of hydrogen-bond donors (Lipinski definition) is 2. The number of amides is 2. The van der Waals surface area contributed by atoms with Crippen molar-refractivity contribution in [1.29, 1.82) is 0 Å². The summed E-state index contributed by atoms with van der Waals surface area (Å²) < 4.78 is 49.0. The lowest BCUT2D eigenvalue weighted by atomic mass is 9.91. The van der Waals surface area contributed by atoms with Crippen LogP contribution in [0.5, 0.6) is 11.6 Å². The highest BCUT2D eigenvalue weighted by Crippen LogP contribution is 2.29. The average molecular weight is 664 g/mol. The number of halogens is 1. The molecule has 0 unspecified atom stereocenters. The average Bonchev–Trinajstić information content (AvgIpc) is 3.39. The molecule has 0 aliphatic heterocycles. The molecule has 0 saturated heterocycles. The first kappa shape index (κ1) is 33.7. The van der Waals surface area contributed by atoms with Gasteiger partial charge in [-0.2, -0.15) is 13.5 Å². The van der Waals surface area contributed by atoms with Gasteiger partial charge >= 0.3 is 0 Å². The maximum absolute atomic E-state index is 14.3. The monoisotopic (exact) mass is 663 g/mol. The minimum Gasteiger partial charge on any atom is -0.438 e. The highest BCUT2D eigenvalue weighted by atomic mass is 32.2. The number of ether oxygens (including phenoxy) is 1. The Labute approximate surface area is 273 Å². The molecule has 1 aliphatic rings. The van der Waals surface area contributed by atoms with Gasteiger partial charge in [-0.25, -0.2) is 9.37 Å². The third kappa shape index (κ3) is 9.46. The van der Waals surface area contributed by atoms with Crippen LogP contribution in [0.3, 0.4) is 0 Å². The van der Waals surface area contributed by atoms with Crippen LogP contribution in [0.1, 0.15) is 64.2 Å². The molecule has 1 aliphatic carbocycles. The Balaban J connectivity index is 1.17.